The number of para-hydroxylation sites is 1. The van der Waals surface area contributed by atoms with Gasteiger partial charge >= 0.3 is 5.97 Å². The zero-order valence-corrected chi connectivity index (χ0v) is 20.0. The summed E-state index contributed by atoms with van der Waals surface area (Å²) in [6.07, 6.45) is 0.684. The van der Waals surface area contributed by atoms with E-state index in [-0.39, 0.29) is 23.2 Å². The van der Waals surface area contributed by atoms with Gasteiger partial charge in [0.2, 0.25) is 0 Å². The lowest BCUT2D eigenvalue weighted by molar-refractivity contribution is -0.140. The first kappa shape index (κ1) is 24.4. The highest BCUT2D eigenvalue weighted by atomic mass is 19.1. The van der Waals surface area contributed by atoms with E-state index >= 15 is 0 Å². The minimum absolute atomic E-state index is 0.148. The Kier molecular flexibility index (Phi) is 6.65. The molecule has 4 rings (SSSR count). The summed E-state index contributed by atoms with van der Waals surface area (Å²) in [5, 5.41) is 14.3. The normalized spacial score (nSPS) is 17.9. The van der Waals surface area contributed by atoms with E-state index in [1.807, 2.05) is 18.2 Å². The van der Waals surface area contributed by atoms with Crippen molar-refractivity contribution in [2.24, 2.45) is 0 Å². The van der Waals surface area contributed by atoms with Crippen molar-refractivity contribution < 1.29 is 28.6 Å². The van der Waals surface area contributed by atoms with Gasteiger partial charge in [-0.25, -0.2) is 14.4 Å². The number of nitrogens with zero attached hydrogens (tertiary/aromatic N) is 2. The van der Waals surface area contributed by atoms with Crippen molar-refractivity contribution >= 4 is 35.3 Å². The number of aromatic nitrogens is 2. The topological polar surface area (TPSA) is 111 Å². The number of hydrogen-bond acceptors (Lipinski definition) is 8. The molecule has 2 N–H and O–H groups in total. The molecule has 0 amide bonds. The largest absolute Gasteiger partial charge is 0.507 e. The molecule has 1 aromatic heterocycles. The Morgan fingerprint density at radius 1 is 1.17 bits per heavy atom. The third-order valence-corrected chi connectivity index (χ3v) is 5.92. The standard InChI is InChI=1S/C25H27BFN3O5/c1-25(2,3)35-24(33)26-13-15(12-18(26)23(32)34-4)28-21-16-7-5-6-8-19(16)29-22(30-21)17-11-14(27)9-10-20(17)31/h5-11,15,18,31H,12-13H2,1-4H3,(H,28,29,30). The predicted octanol–water partition coefficient (Wildman–Crippen LogP) is 4.88. The predicted molar refractivity (Wildman–Crippen MR) is 131 cm³/mol. The number of ether oxygens (including phenoxy) is 2. The fourth-order valence-electron chi connectivity index (χ4n) is 4.39. The summed E-state index contributed by atoms with van der Waals surface area (Å²) in [6, 6.07) is 10.6. The van der Waals surface area contributed by atoms with Crippen LogP contribution in [0.25, 0.3) is 22.3 Å². The van der Waals surface area contributed by atoms with Gasteiger partial charge in [-0.3, -0.25) is 9.59 Å². The molecule has 1 aliphatic rings. The van der Waals surface area contributed by atoms with Gasteiger partial charge in [-0.05, 0) is 63.8 Å². The fourth-order valence-corrected chi connectivity index (χ4v) is 4.39. The lowest BCUT2D eigenvalue weighted by atomic mass is 9.42. The van der Waals surface area contributed by atoms with Crippen molar-refractivity contribution in [1.82, 2.24) is 9.97 Å². The Morgan fingerprint density at radius 3 is 2.63 bits per heavy atom. The molecule has 3 aromatic rings. The molecule has 2 unspecified atom stereocenters. The number of aromatic hydroxyl groups is 1. The van der Waals surface area contributed by atoms with Gasteiger partial charge in [-0.15, -0.1) is 0 Å². The van der Waals surface area contributed by atoms with Gasteiger partial charge in [-0.1, -0.05) is 12.1 Å². The van der Waals surface area contributed by atoms with Gasteiger partial charge in [0, 0.05) is 17.2 Å². The van der Waals surface area contributed by atoms with Crippen LogP contribution in [0.3, 0.4) is 0 Å². The second-order valence-electron chi connectivity index (χ2n) is 9.66. The van der Waals surface area contributed by atoms with E-state index in [0.29, 0.717) is 29.5 Å². The Labute approximate surface area is 203 Å². The van der Waals surface area contributed by atoms with Crippen LogP contribution >= 0.6 is 0 Å². The molecule has 2 aromatic carbocycles. The van der Waals surface area contributed by atoms with Gasteiger partial charge < -0.3 is 19.9 Å². The van der Waals surface area contributed by atoms with Crippen LogP contribution in [0.1, 0.15) is 27.2 Å². The van der Waals surface area contributed by atoms with Crippen LogP contribution in [0.2, 0.25) is 12.1 Å². The maximum atomic E-state index is 13.9. The van der Waals surface area contributed by atoms with E-state index in [1.54, 1.807) is 26.8 Å². The number of carbonyl (C=O) groups is 2. The van der Waals surface area contributed by atoms with E-state index in [2.05, 4.69) is 15.3 Å². The molecule has 2 atom stereocenters. The van der Waals surface area contributed by atoms with Crippen LogP contribution in [0, 0.1) is 5.82 Å². The number of halogens is 1. The maximum absolute atomic E-state index is 13.9. The van der Waals surface area contributed by atoms with Gasteiger partial charge in [0.25, 0.3) is 12.6 Å². The number of phenolic OH excluding ortho intramolecular Hbond substituents is 1. The number of benzene rings is 2. The van der Waals surface area contributed by atoms with Crippen molar-refractivity contribution in [1.29, 1.82) is 0 Å². The number of anilines is 1. The third-order valence-electron chi connectivity index (χ3n) is 5.92. The van der Waals surface area contributed by atoms with Crippen molar-refractivity contribution in [2.45, 2.75) is 51.0 Å². The highest BCUT2D eigenvalue weighted by Gasteiger charge is 2.49. The number of phenols is 1. The van der Waals surface area contributed by atoms with Crippen LogP contribution in [0.4, 0.5) is 15.0 Å². The van der Waals surface area contributed by atoms with Crippen molar-refractivity contribution in [3.63, 3.8) is 0 Å². The minimum Gasteiger partial charge on any atom is -0.507 e. The van der Waals surface area contributed by atoms with E-state index < -0.39 is 35.8 Å². The summed E-state index contributed by atoms with van der Waals surface area (Å²) in [5.41, 5.74) is 0.0627. The molecule has 0 spiro atoms. The first-order valence-electron chi connectivity index (χ1n) is 11.4. The summed E-state index contributed by atoms with van der Waals surface area (Å²) < 4.78 is 24.4. The molecule has 2 heterocycles. The molecular weight excluding hydrogens is 452 g/mol. The Balaban J connectivity index is 1.69. The quantitative estimate of drug-likeness (QED) is 0.394. The molecule has 10 heteroatoms. The van der Waals surface area contributed by atoms with E-state index in [4.69, 9.17) is 9.47 Å². The lowest BCUT2D eigenvalue weighted by Gasteiger charge is -2.22. The molecular formula is C25H27BFN3O5. The number of nitrogens with one attached hydrogen (secondary N) is 1. The molecule has 182 valence electrons. The van der Waals surface area contributed by atoms with Crippen LogP contribution in [-0.4, -0.2) is 52.4 Å². The molecule has 8 nitrogen and oxygen atoms in total. The number of rotatable bonds is 5. The maximum Gasteiger partial charge on any atom is 0.302 e. The minimum atomic E-state index is -0.687. The van der Waals surface area contributed by atoms with Gasteiger partial charge in [0.05, 0.1) is 18.2 Å². The second-order valence-corrected chi connectivity index (χ2v) is 9.66. The molecule has 0 saturated carbocycles. The van der Waals surface area contributed by atoms with E-state index in [9.17, 15) is 19.1 Å². The summed E-state index contributed by atoms with van der Waals surface area (Å²) in [6.45, 7) is 4.66. The third kappa shape index (κ3) is 5.36. The molecule has 35 heavy (non-hydrogen) atoms. The van der Waals surface area contributed by atoms with Crippen LogP contribution in [0.15, 0.2) is 42.5 Å². The number of carbonyl (C=O) groups excluding carboxylic acids is 2. The van der Waals surface area contributed by atoms with Gasteiger partial charge in [-0.2, -0.15) is 0 Å². The average Bonchev–Trinajstić information content (AvgIpc) is 3.23. The zero-order chi connectivity index (χ0) is 25.3. The van der Waals surface area contributed by atoms with E-state index in [1.165, 1.54) is 19.2 Å². The summed E-state index contributed by atoms with van der Waals surface area (Å²) in [4.78, 5) is 34.4. The summed E-state index contributed by atoms with van der Waals surface area (Å²) in [5.74, 6) is -1.65. The van der Waals surface area contributed by atoms with Gasteiger partial charge in [0.1, 0.15) is 23.0 Å². The van der Waals surface area contributed by atoms with Crippen molar-refractivity contribution in [3.8, 4) is 17.1 Å². The zero-order valence-electron chi connectivity index (χ0n) is 20.0. The molecule has 0 radical (unpaired) electrons. The number of methoxy groups -OCH3 is 1. The Bertz CT molecular complexity index is 1280. The first-order chi connectivity index (χ1) is 16.6. The Morgan fingerprint density at radius 2 is 1.91 bits per heavy atom. The van der Waals surface area contributed by atoms with Crippen LogP contribution in [-0.2, 0) is 14.3 Å². The van der Waals surface area contributed by atoms with E-state index in [0.717, 1.165) is 6.07 Å². The second kappa shape index (κ2) is 9.52. The molecule has 0 bridgehead atoms. The number of hydrogen-bond donors (Lipinski definition) is 2. The molecule has 0 aliphatic carbocycles. The molecule has 1 fully saturated rings. The highest BCUT2D eigenvalue weighted by molar-refractivity contribution is 6.92. The van der Waals surface area contributed by atoms with Crippen LogP contribution in [0.5, 0.6) is 5.75 Å². The monoisotopic (exact) mass is 479 g/mol. The van der Waals surface area contributed by atoms with Crippen LogP contribution < -0.4 is 5.32 Å². The fraction of sp³-hybridized carbons (Fsp3) is 0.360. The van der Waals surface area contributed by atoms with Crippen molar-refractivity contribution in [3.05, 3.63) is 48.3 Å². The Hall–Kier alpha value is -3.69. The first-order valence-corrected chi connectivity index (χ1v) is 11.4. The van der Waals surface area contributed by atoms with Gasteiger partial charge in [0.15, 0.2) is 5.82 Å². The summed E-state index contributed by atoms with van der Waals surface area (Å²) in [7, 11) is 1.30. The molecule has 1 saturated heterocycles. The lowest BCUT2D eigenvalue weighted by Crippen LogP contribution is -2.37. The highest BCUT2D eigenvalue weighted by Crippen LogP contribution is 2.37. The SMILES string of the molecule is COC(=O)C1CC(Nc2nc(-c3cc(F)ccc3O)nc3ccccc23)CB1C(=O)OC(C)(C)C. The number of fused-ring (bicyclic) bond motifs is 1. The molecule has 1 aliphatic heterocycles. The smallest absolute Gasteiger partial charge is 0.302 e. The summed E-state index contributed by atoms with van der Waals surface area (Å²) >= 11 is 0. The average molecular weight is 479 g/mol. The van der Waals surface area contributed by atoms with Crippen molar-refractivity contribution in [2.75, 3.05) is 12.4 Å². The number of esters is 1.